The molecule has 1 aliphatic carbocycles. The molecule has 0 aromatic carbocycles. The van der Waals surface area contributed by atoms with Crippen LogP contribution in [0, 0.1) is 5.92 Å². The number of rotatable bonds is 6. The zero-order chi connectivity index (χ0) is 13.8. The van der Waals surface area contributed by atoms with Crippen LogP contribution in [-0.2, 0) is 9.53 Å². The molecule has 104 valence electrons. The van der Waals surface area contributed by atoms with Gasteiger partial charge < -0.3 is 9.64 Å². The van der Waals surface area contributed by atoms with Gasteiger partial charge in [-0.05, 0) is 40.0 Å². The minimum absolute atomic E-state index is 0.134. The van der Waals surface area contributed by atoms with Crippen molar-refractivity contribution in [1.82, 2.24) is 4.90 Å². The van der Waals surface area contributed by atoms with Crippen molar-refractivity contribution >= 4 is 11.9 Å². The largest absolute Gasteiger partial charge is 0.444 e. The molecule has 4 heteroatoms. The summed E-state index contributed by atoms with van der Waals surface area (Å²) in [5, 5.41) is 0. The molecule has 0 unspecified atom stereocenters. The molecule has 1 saturated carbocycles. The molecule has 0 aromatic rings. The summed E-state index contributed by atoms with van der Waals surface area (Å²) >= 11 is 0. The number of nitrogens with zero attached hydrogens (tertiary/aromatic N) is 1. The van der Waals surface area contributed by atoms with E-state index in [1.807, 2.05) is 27.7 Å². The summed E-state index contributed by atoms with van der Waals surface area (Å²) in [7, 11) is 0. The molecule has 1 fully saturated rings. The van der Waals surface area contributed by atoms with Gasteiger partial charge in [-0.25, -0.2) is 4.79 Å². The van der Waals surface area contributed by atoms with Gasteiger partial charge in [-0.15, -0.1) is 0 Å². The predicted molar refractivity (Wildman–Crippen MR) is 70.4 cm³/mol. The average Bonchev–Trinajstić information content (AvgIpc) is 3.04. The minimum atomic E-state index is -0.512. The second kappa shape index (κ2) is 6.21. The molecule has 0 aliphatic heterocycles. The third kappa shape index (κ3) is 6.03. The maximum absolute atomic E-state index is 11.8. The molecule has 0 N–H and O–H groups in total. The number of carbonyl (C=O) groups excluding carboxylic acids is 2. The zero-order valence-corrected chi connectivity index (χ0v) is 12.0. The lowest BCUT2D eigenvalue weighted by atomic mass is 10.1. The van der Waals surface area contributed by atoms with E-state index in [2.05, 4.69) is 0 Å². The first-order chi connectivity index (χ1) is 8.31. The number of carbonyl (C=O) groups is 2. The number of hydrogen-bond donors (Lipinski definition) is 0. The molecule has 1 rings (SSSR count). The molecule has 1 amide bonds. The number of ketones is 1. The van der Waals surface area contributed by atoms with E-state index in [-0.39, 0.29) is 12.3 Å². The molecular weight excluding hydrogens is 230 g/mol. The Bertz CT molecular complexity index is 303. The Morgan fingerprint density at radius 2 is 1.89 bits per heavy atom. The Morgan fingerprint density at radius 3 is 2.33 bits per heavy atom. The Morgan fingerprint density at radius 1 is 1.28 bits per heavy atom. The molecule has 4 nitrogen and oxygen atoms in total. The molecule has 0 aromatic heterocycles. The Labute approximate surface area is 110 Å². The normalized spacial score (nSPS) is 15.3. The Hall–Kier alpha value is -1.06. The van der Waals surface area contributed by atoms with Crippen molar-refractivity contribution in [2.75, 3.05) is 13.1 Å². The monoisotopic (exact) mass is 255 g/mol. The van der Waals surface area contributed by atoms with Gasteiger partial charge in [-0.2, -0.15) is 0 Å². The van der Waals surface area contributed by atoms with Crippen molar-refractivity contribution in [3.8, 4) is 0 Å². The number of likely N-dealkylation sites (N-methyl/N-ethyl adjacent to an activating group) is 1. The lowest BCUT2D eigenvalue weighted by Gasteiger charge is -2.26. The van der Waals surface area contributed by atoms with E-state index in [0.717, 1.165) is 12.3 Å². The van der Waals surface area contributed by atoms with Crippen molar-refractivity contribution in [2.45, 2.75) is 59.0 Å². The van der Waals surface area contributed by atoms with E-state index >= 15 is 0 Å². The van der Waals surface area contributed by atoms with Crippen LogP contribution >= 0.6 is 0 Å². The van der Waals surface area contributed by atoms with Gasteiger partial charge in [-0.3, -0.25) is 4.79 Å². The van der Waals surface area contributed by atoms with Gasteiger partial charge in [0.25, 0.3) is 0 Å². The van der Waals surface area contributed by atoms with E-state index in [9.17, 15) is 9.59 Å². The number of hydrogen-bond acceptors (Lipinski definition) is 3. The summed E-state index contributed by atoms with van der Waals surface area (Å²) in [4.78, 5) is 25.1. The third-order valence-corrected chi connectivity index (χ3v) is 2.93. The fraction of sp³-hybridized carbons (Fsp3) is 0.857. The highest BCUT2D eigenvalue weighted by atomic mass is 16.6. The maximum Gasteiger partial charge on any atom is 0.410 e. The van der Waals surface area contributed by atoms with Crippen LogP contribution in [0.1, 0.15) is 53.4 Å². The van der Waals surface area contributed by atoms with Crippen molar-refractivity contribution in [3.05, 3.63) is 0 Å². The summed E-state index contributed by atoms with van der Waals surface area (Å²) in [6.07, 6.45) is 3.69. The molecule has 18 heavy (non-hydrogen) atoms. The molecule has 0 spiro atoms. The maximum atomic E-state index is 11.8. The SMILES string of the molecule is CCN(CC(=O)CCC1CC1)C(=O)OC(C)(C)C. The van der Waals surface area contributed by atoms with E-state index in [1.165, 1.54) is 17.7 Å². The van der Waals surface area contributed by atoms with Gasteiger partial charge in [0.05, 0.1) is 6.54 Å². The van der Waals surface area contributed by atoms with Gasteiger partial charge in [0.2, 0.25) is 0 Å². The van der Waals surface area contributed by atoms with Crippen molar-refractivity contribution in [2.24, 2.45) is 5.92 Å². The average molecular weight is 255 g/mol. The molecule has 0 radical (unpaired) electrons. The van der Waals surface area contributed by atoms with Gasteiger partial charge in [0.15, 0.2) is 5.78 Å². The van der Waals surface area contributed by atoms with E-state index < -0.39 is 11.7 Å². The molecular formula is C14H25NO3. The minimum Gasteiger partial charge on any atom is -0.444 e. The summed E-state index contributed by atoms with van der Waals surface area (Å²) in [5.41, 5.74) is -0.512. The van der Waals surface area contributed by atoms with Crippen LogP contribution in [0.2, 0.25) is 0 Å². The first-order valence-corrected chi connectivity index (χ1v) is 6.81. The Balaban J connectivity index is 2.34. The first-order valence-electron chi connectivity index (χ1n) is 6.81. The van der Waals surface area contributed by atoms with Gasteiger partial charge in [0.1, 0.15) is 5.60 Å². The Kier molecular flexibility index (Phi) is 5.17. The fourth-order valence-electron chi connectivity index (χ4n) is 1.70. The van der Waals surface area contributed by atoms with Crippen LogP contribution in [0.5, 0.6) is 0 Å². The van der Waals surface area contributed by atoms with Crippen molar-refractivity contribution in [3.63, 3.8) is 0 Å². The van der Waals surface area contributed by atoms with Crippen LogP contribution in [0.4, 0.5) is 4.79 Å². The standard InChI is InChI=1S/C14H25NO3/c1-5-15(13(17)18-14(2,3)4)10-12(16)9-8-11-6-7-11/h11H,5-10H2,1-4H3. The van der Waals surface area contributed by atoms with Crippen molar-refractivity contribution < 1.29 is 14.3 Å². The first kappa shape index (κ1) is 15.0. The quantitative estimate of drug-likeness (QED) is 0.733. The van der Waals surface area contributed by atoms with E-state index in [4.69, 9.17) is 4.74 Å². The van der Waals surface area contributed by atoms with E-state index in [0.29, 0.717) is 13.0 Å². The molecule has 0 heterocycles. The lowest BCUT2D eigenvalue weighted by Crippen LogP contribution is -2.39. The molecule has 0 atom stereocenters. The van der Waals surface area contributed by atoms with Gasteiger partial charge >= 0.3 is 6.09 Å². The smallest absolute Gasteiger partial charge is 0.410 e. The summed E-state index contributed by atoms with van der Waals surface area (Å²) < 4.78 is 5.26. The fourth-order valence-corrected chi connectivity index (χ4v) is 1.70. The highest BCUT2D eigenvalue weighted by Gasteiger charge is 2.25. The number of amides is 1. The lowest BCUT2D eigenvalue weighted by molar-refractivity contribution is -0.120. The second-order valence-electron chi connectivity index (χ2n) is 6.02. The zero-order valence-electron chi connectivity index (χ0n) is 12.0. The van der Waals surface area contributed by atoms with Crippen LogP contribution < -0.4 is 0 Å². The molecule has 0 bridgehead atoms. The van der Waals surface area contributed by atoms with Crippen LogP contribution in [0.15, 0.2) is 0 Å². The highest BCUT2D eigenvalue weighted by molar-refractivity contribution is 5.84. The summed E-state index contributed by atoms with van der Waals surface area (Å²) in [5.74, 6) is 0.889. The van der Waals surface area contributed by atoms with Crippen molar-refractivity contribution in [1.29, 1.82) is 0 Å². The van der Waals surface area contributed by atoms with E-state index in [1.54, 1.807) is 0 Å². The molecule has 0 saturated heterocycles. The highest BCUT2D eigenvalue weighted by Crippen LogP contribution is 2.33. The van der Waals surface area contributed by atoms with Gasteiger partial charge in [-0.1, -0.05) is 12.8 Å². The topological polar surface area (TPSA) is 46.6 Å². The summed E-state index contributed by atoms with van der Waals surface area (Å²) in [6.45, 7) is 8.02. The van der Waals surface area contributed by atoms with Crippen LogP contribution in [-0.4, -0.2) is 35.5 Å². The number of ether oxygens (including phenoxy) is 1. The third-order valence-electron chi connectivity index (χ3n) is 2.93. The van der Waals surface area contributed by atoms with Gasteiger partial charge in [0, 0.05) is 13.0 Å². The van der Waals surface area contributed by atoms with Crippen LogP contribution in [0.25, 0.3) is 0 Å². The molecule has 1 aliphatic rings. The second-order valence-corrected chi connectivity index (χ2v) is 6.02. The number of Topliss-reactive ketones (excluding diaryl/α,β-unsaturated/α-hetero) is 1. The van der Waals surface area contributed by atoms with Crippen LogP contribution in [0.3, 0.4) is 0 Å². The summed E-state index contributed by atoms with van der Waals surface area (Å²) in [6, 6.07) is 0. The predicted octanol–water partition coefficient (Wildman–Crippen LogP) is 3.00.